The van der Waals surface area contributed by atoms with E-state index in [2.05, 4.69) is 5.32 Å². The van der Waals surface area contributed by atoms with Crippen LogP contribution in [-0.4, -0.2) is 23.5 Å². The summed E-state index contributed by atoms with van der Waals surface area (Å²) in [6.45, 7) is 2.83. The summed E-state index contributed by atoms with van der Waals surface area (Å²) in [5.41, 5.74) is 6.84. The van der Waals surface area contributed by atoms with Crippen LogP contribution in [0.2, 0.25) is 0 Å². The zero-order chi connectivity index (χ0) is 13.5. The molecule has 1 rings (SSSR count). The van der Waals surface area contributed by atoms with Gasteiger partial charge in [0.15, 0.2) is 0 Å². The monoisotopic (exact) mass is 250 g/mol. The average molecular weight is 250 g/mol. The van der Waals surface area contributed by atoms with Gasteiger partial charge >= 0.3 is 5.97 Å². The summed E-state index contributed by atoms with van der Waals surface area (Å²) < 4.78 is 0. The number of carboxylic acids is 1. The molecule has 1 atom stereocenters. The molecule has 0 radical (unpaired) electrons. The average Bonchev–Trinajstić information content (AvgIpc) is 2.34. The lowest BCUT2D eigenvalue weighted by Crippen LogP contribution is -2.21. The first-order valence-electron chi connectivity index (χ1n) is 5.81. The SMILES string of the molecule is CC(C(=O)O)c1ccc(CNCCC(N)=O)cc1. The molecule has 0 fully saturated rings. The first kappa shape index (κ1) is 14.2. The summed E-state index contributed by atoms with van der Waals surface area (Å²) in [5.74, 6) is -1.66. The fraction of sp³-hybridized carbons (Fsp3) is 0.385. The zero-order valence-corrected chi connectivity index (χ0v) is 10.3. The van der Waals surface area contributed by atoms with Crippen LogP contribution in [0.1, 0.15) is 30.4 Å². The van der Waals surface area contributed by atoms with E-state index in [1.54, 1.807) is 6.92 Å². The van der Waals surface area contributed by atoms with Crippen molar-refractivity contribution in [3.05, 3.63) is 35.4 Å². The topological polar surface area (TPSA) is 92.4 Å². The van der Waals surface area contributed by atoms with E-state index < -0.39 is 11.9 Å². The van der Waals surface area contributed by atoms with E-state index in [-0.39, 0.29) is 5.91 Å². The molecule has 0 spiro atoms. The maximum atomic E-state index is 10.8. The molecule has 0 bridgehead atoms. The highest BCUT2D eigenvalue weighted by Gasteiger charge is 2.12. The first-order chi connectivity index (χ1) is 8.50. The van der Waals surface area contributed by atoms with E-state index in [1.807, 2.05) is 24.3 Å². The normalized spacial score (nSPS) is 12.1. The number of amides is 1. The van der Waals surface area contributed by atoms with Gasteiger partial charge in [0.1, 0.15) is 0 Å². The highest BCUT2D eigenvalue weighted by molar-refractivity contribution is 5.75. The number of rotatable bonds is 7. The number of carbonyl (C=O) groups is 2. The van der Waals surface area contributed by atoms with Gasteiger partial charge in [-0.1, -0.05) is 24.3 Å². The number of aliphatic carboxylic acids is 1. The Kier molecular flexibility index (Phi) is 5.32. The molecule has 0 saturated carbocycles. The van der Waals surface area contributed by atoms with Crippen molar-refractivity contribution < 1.29 is 14.7 Å². The van der Waals surface area contributed by atoms with Crippen LogP contribution in [0.4, 0.5) is 0 Å². The molecule has 5 heteroatoms. The van der Waals surface area contributed by atoms with E-state index >= 15 is 0 Å². The lowest BCUT2D eigenvalue weighted by molar-refractivity contribution is -0.138. The zero-order valence-electron chi connectivity index (χ0n) is 10.3. The van der Waals surface area contributed by atoms with Gasteiger partial charge in [0, 0.05) is 19.5 Å². The molecule has 1 unspecified atom stereocenters. The van der Waals surface area contributed by atoms with Gasteiger partial charge in [-0.2, -0.15) is 0 Å². The number of benzene rings is 1. The second-order valence-corrected chi connectivity index (χ2v) is 4.19. The van der Waals surface area contributed by atoms with Crippen LogP contribution < -0.4 is 11.1 Å². The molecular formula is C13H18N2O3. The van der Waals surface area contributed by atoms with Crippen molar-refractivity contribution in [2.24, 2.45) is 5.73 Å². The van der Waals surface area contributed by atoms with Gasteiger partial charge < -0.3 is 16.2 Å². The Labute approximate surface area is 106 Å². The smallest absolute Gasteiger partial charge is 0.310 e. The van der Waals surface area contributed by atoms with Gasteiger partial charge in [-0.25, -0.2) is 0 Å². The van der Waals surface area contributed by atoms with Crippen molar-refractivity contribution in [1.29, 1.82) is 0 Å². The number of carboxylic acid groups (broad SMARTS) is 1. The van der Waals surface area contributed by atoms with Gasteiger partial charge in [-0.05, 0) is 18.1 Å². The maximum absolute atomic E-state index is 10.8. The largest absolute Gasteiger partial charge is 0.481 e. The molecule has 18 heavy (non-hydrogen) atoms. The number of carbonyl (C=O) groups excluding carboxylic acids is 1. The molecule has 98 valence electrons. The fourth-order valence-corrected chi connectivity index (χ4v) is 1.51. The standard InChI is InChI=1S/C13H18N2O3/c1-9(13(17)18)11-4-2-10(3-5-11)8-15-7-6-12(14)16/h2-5,9,15H,6-8H2,1H3,(H2,14,16)(H,17,18). The van der Waals surface area contributed by atoms with Crippen LogP contribution in [0.15, 0.2) is 24.3 Å². The summed E-state index contributed by atoms with van der Waals surface area (Å²) in [6.07, 6.45) is 0.314. The lowest BCUT2D eigenvalue weighted by atomic mass is 10.0. The fourth-order valence-electron chi connectivity index (χ4n) is 1.51. The van der Waals surface area contributed by atoms with Crippen LogP contribution >= 0.6 is 0 Å². The highest BCUT2D eigenvalue weighted by Crippen LogP contribution is 2.15. The predicted molar refractivity (Wildman–Crippen MR) is 68.0 cm³/mol. The Hall–Kier alpha value is -1.88. The summed E-state index contributed by atoms with van der Waals surface area (Å²) in [4.78, 5) is 21.3. The van der Waals surface area contributed by atoms with Crippen LogP contribution in [0.5, 0.6) is 0 Å². The Morgan fingerprint density at radius 1 is 1.33 bits per heavy atom. The maximum Gasteiger partial charge on any atom is 0.310 e. The van der Waals surface area contributed by atoms with E-state index in [0.29, 0.717) is 19.5 Å². The second-order valence-electron chi connectivity index (χ2n) is 4.19. The minimum atomic E-state index is -0.831. The Bertz CT molecular complexity index is 415. The van der Waals surface area contributed by atoms with Gasteiger partial charge in [0.05, 0.1) is 5.92 Å². The van der Waals surface area contributed by atoms with E-state index in [1.165, 1.54) is 0 Å². The molecular weight excluding hydrogens is 232 g/mol. The molecule has 0 aliphatic rings. The Morgan fingerprint density at radius 3 is 2.44 bits per heavy atom. The van der Waals surface area contributed by atoms with E-state index in [9.17, 15) is 9.59 Å². The van der Waals surface area contributed by atoms with Gasteiger partial charge in [0.25, 0.3) is 0 Å². The number of nitrogens with one attached hydrogen (secondary N) is 1. The van der Waals surface area contributed by atoms with Crippen molar-refractivity contribution in [3.63, 3.8) is 0 Å². The minimum absolute atomic E-state index is 0.314. The van der Waals surface area contributed by atoms with Crippen LogP contribution in [-0.2, 0) is 16.1 Å². The molecule has 0 aliphatic heterocycles. The molecule has 1 aromatic carbocycles. The molecule has 0 heterocycles. The Morgan fingerprint density at radius 2 is 1.94 bits per heavy atom. The summed E-state index contributed by atoms with van der Waals surface area (Å²) in [7, 11) is 0. The lowest BCUT2D eigenvalue weighted by Gasteiger charge is -2.08. The van der Waals surface area contributed by atoms with Crippen molar-refractivity contribution in [2.75, 3.05) is 6.54 Å². The number of primary amides is 1. The van der Waals surface area contributed by atoms with Crippen LogP contribution in [0.25, 0.3) is 0 Å². The van der Waals surface area contributed by atoms with Crippen molar-refractivity contribution >= 4 is 11.9 Å². The second kappa shape index (κ2) is 6.76. The minimum Gasteiger partial charge on any atom is -0.481 e. The number of hydrogen-bond donors (Lipinski definition) is 3. The van der Waals surface area contributed by atoms with Gasteiger partial charge in [0.2, 0.25) is 5.91 Å². The predicted octanol–water partition coefficient (Wildman–Crippen LogP) is 0.840. The Balaban J connectivity index is 2.45. The summed E-state index contributed by atoms with van der Waals surface area (Å²) >= 11 is 0. The number of nitrogens with two attached hydrogens (primary N) is 1. The van der Waals surface area contributed by atoms with Gasteiger partial charge in [-0.3, -0.25) is 9.59 Å². The third-order valence-corrected chi connectivity index (χ3v) is 2.73. The molecule has 5 nitrogen and oxygen atoms in total. The molecule has 0 aromatic heterocycles. The molecule has 4 N–H and O–H groups in total. The highest BCUT2D eigenvalue weighted by atomic mass is 16.4. The molecule has 1 amide bonds. The van der Waals surface area contributed by atoms with Gasteiger partial charge in [-0.15, -0.1) is 0 Å². The molecule has 0 saturated heterocycles. The van der Waals surface area contributed by atoms with E-state index in [0.717, 1.165) is 11.1 Å². The summed E-state index contributed by atoms with van der Waals surface area (Å²) in [6, 6.07) is 7.38. The third kappa shape index (κ3) is 4.55. The van der Waals surface area contributed by atoms with Crippen LogP contribution in [0.3, 0.4) is 0 Å². The van der Waals surface area contributed by atoms with Crippen molar-refractivity contribution in [3.8, 4) is 0 Å². The van der Waals surface area contributed by atoms with Crippen LogP contribution in [0, 0.1) is 0 Å². The van der Waals surface area contributed by atoms with Crippen molar-refractivity contribution in [1.82, 2.24) is 5.32 Å². The summed E-state index contributed by atoms with van der Waals surface area (Å²) in [5, 5.41) is 12.0. The third-order valence-electron chi connectivity index (χ3n) is 2.73. The van der Waals surface area contributed by atoms with E-state index in [4.69, 9.17) is 10.8 Å². The molecule has 0 aliphatic carbocycles. The molecule has 1 aromatic rings. The first-order valence-corrected chi connectivity index (χ1v) is 5.81. The van der Waals surface area contributed by atoms with Crippen molar-refractivity contribution in [2.45, 2.75) is 25.8 Å². The quantitative estimate of drug-likeness (QED) is 0.625. The number of hydrogen-bond acceptors (Lipinski definition) is 3.